The molecule has 0 radical (unpaired) electrons. The Hall–Kier alpha value is -0.420. The lowest BCUT2D eigenvalue weighted by molar-refractivity contribution is -0.271. The number of ether oxygens (including phenoxy) is 3. The molecule has 0 saturated carbocycles. The minimum atomic E-state index is -0.520. The van der Waals surface area contributed by atoms with Gasteiger partial charge in [0.15, 0.2) is 5.79 Å². The standard InChI is InChI=1S/C25H49NO3/c1-4-5-6-7-8-9-10-11-12-13-14-15-16-17-18-19-20-27-21-25(26)22-28-24(2,3)29-23-25/h8-9H,4-7,10-23,26H2,1-3H3. The zero-order valence-corrected chi connectivity index (χ0v) is 19.7. The summed E-state index contributed by atoms with van der Waals surface area (Å²) in [6.45, 7) is 8.39. The fraction of sp³-hybridized carbons (Fsp3) is 0.920. The maximum atomic E-state index is 6.27. The first-order chi connectivity index (χ1) is 14.0. The maximum Gasteiger partial charge on any atom is 0.162 e. The molecule has 1 heterocycles. The molecule has 1 aliphatic heterocycles. The van der Waals surface area contributed by atoms with E-state index in [0.29, 0.717) is 19.8 Å². The van der Waals surface area contributed by atoms with E-state index in [0.717, 1.165) is 13.0 Å². The summed E-state index contributed by atoms with van der Waals surface area (Å²) in [7, 11) is 0. The summed E-state index contributed by atoms with van der Waals surface area (Å²) in [6.07, 6.45) is 23.3. The summed E-state index contributed by atoms with van der Waals surface area (Å²) >= 11 is 0. The van der Waals surface area contributed by atoms with Crippen molar-refractivity contribution in [2.24, 2.45) is 5.73 Å². The lowest BCUT2D eigenvalue weighted by Gasteiger charge is -2.40. The van der Waals surface area contributed by atoms with Crippen molar-refractivity contribution in [1.29, 1.82) is 0 Å². The Balaban J connectivity index is 1.78. The Labute approximate surface area is 180 Å². The van der Waals surface area contributed by atoms with E-state index >= 15 is 0 Å². The summed E-state index contributed by atoms with van der Waals surface area (Å²) < 4.78 is 17.0. The summed E-state index contributed by atoms with van der Waals surface area (Å²) in [5.41, 5.74) is 5.77. The van der Waals surface area contributed by atoms with Crippen molar-refractivity contribution in [2.75, 3.05) is 26.4 Å². The zero-order chi connectivity index (χ0) is 21.3. The van der Waals surface area contributed by atoms with E-state index in [1.54, 1.807) is 0 Å². The normalized spacial score (nSPS) is 18.5. The molecule has 1 fully saturated rings. The lowest BCUT2D eigenvalue weighted by atomic mass is 10.0. The number of rotatable bonds is 18. The van der Waals surface area contributed by atoms with Gasteiger partial charge in [-0.3, -0.25) is 0 Å². The number of allylic oxidation sites excluding steroid dienone is 2. The summed E-state index contributed by atoms with van der Waals surface area (Å²) in [5, 5.41) is 0. The Bertz CT molecular complexity index is 399. The molecule has 0 amide bonds. The van der Waals surface area contributed by atoms with Gasteiger partial charge in [-0.15, -0.1) is 0 Å². The summed E-state index contributed by atoms with van der Waals surface area (Å²) in [6, 6.07) is 0. The van der Waals surface area contributed by atoms with Crippen molar-refractivity contribution in [1.82, 2.24) is 0 Å². The van der Waals surface area contributed by atoms with Gasteiger partial charge in [-0.1, -0.05) is 76.9 Å². The minimum absolute atomic E-state index is 0.495. The minimum Gasteiger partial charge on any atom is -0.379 e. The van der Waals surface area contributed by atoms with E-state index < -0.39 is 11.3 Å². The first-order valence-corrected chi connectivity index (χ1v) is 12.3. The van der Waals surface area contributed by atoms with E-state index in [-0.39, 0.29) is 0 Å². The van der Waals surface area contributed by atoms with Crippen LogP contribution in [0.4, 0.5) is 0 Å². The lowest BCUT2D eigenvalue weighted by Crippen LogP contribution is -2.59. The molecule has 4 heteroatoms. The highest BCUT2D eigenvalue weighted by Crippen LogP contribution is 2.22. The molecule has 4 nitrogen and oxygen atoms in total. The van der Waals surface area contributed by atoms with E-state index in [1.807, 2.05) is 13.8 Å². The number of unbranched alkanes of at least 4 members (excludes halogenated alkanes) is 12. The van der Waals surface area contributed by atoms with E-state index in [9.17, 15) is 0 Å². The van der Waals surface area contributed by atoms with Crippen molar-refractivity contribution in [2.45, 2.75) is 122 Å². The van der Waals surface area contributed by atoms with Gasteiger partial charge in [-0.2, -0.15) is 0 Å². The molecule has 0 bridgehead atoms. The van der Waals surface area contributed by atoms with Crippen molar-refractivity contribution >= 4 is 0 Å². The van der Waals surface area contributed by atoms with Crippen LogP contribution in [0, 0.1) is 0 Å². The molecule has 1 rings (SSSR count). The van der Waals surface area contributed by atoms with Crippen LogP contribution in [0.2, 0.25) is 0 Å². The number of hydrogen-bond donors (Lipinski definition) is 1. The molecule has 0 aromatic heterocycles. The van der Waals surface area contributed by atoms with Crippen LogP contribution in [-0.2, 0) is 14.2 Å². The molecule has 1 saturated heterocycles. The molecular weight excluding hydrogens is 362 g/mol. The van der Waals surface area contributed by atoms with Crippen molar-refractivity contribution in [3.05, 3.63) is 12.2 Å². The second kappa shape index (κ2) is 16.3. The summed E-state index contributed by atoms with van der Waals surface area (Å²) in [5.74, 6) is -0.520. The molecule has 1 aliphatic rings. The molecule has 29 heavy (non-hydrogen) atoms. The first-order valence-electron chi connectivity index (χ1n) is 12.3. The maximum absolute atomic E-state index is 6.27. The van der Waals surface area contributed by atoms with E-state index in [2.05, 4.69) is 19.1 Å². The molecule has 0 aliphatic carbocycles. The highest BCUT2D eigenvalue weighted by Gasteiger charge is 2.37. The number of nitrogens with two attached hydrogens (primary N) is 1. The average Bonchev–Trinajstić information content (AvgIpc) is 2.70. The van der Waals surface area contributed by atoms with Gasteiger partial charge < -0.3 is 19.9 Å². The fourth-order valence-electron chi connectivity index (χ4n) is 3.53. The quantitative estimate of drug-likeness (QED) is 0.206. The Morgan fingerprint density at radius 1 is 0.759 bits per heavy atom. The van der Waals surface area contributed by atoms with Crippen LogP contribution in [-0.4, -0.2) is 37.8 Å². The first kappa shape index (κ1) is 26.6. The predicted molar refractivity (Wildman–Crippen MR) is 123 cm³/mol. The predicted octanol–water partition coefficient (Wildman–Crippen LogP) is 6.52. The van der Waals surface area contributed by atoms with Gasteiger partial charge in [0.25, 0.3) is 0 Å². The topological polar surface area (TPSA) is 53.7 Å². The smallest absolute Gasteiger partial charge is 0.162 e. The van der Waals surface area contributed by atoms with Gasteiger partial charge >= 0.3 is 0 Å². The summed E-state index contributed by atoms with van der Waals surface area (Å²) in [4.78, 5) is 0. The third kappa shape index (κ3) is 15.1. The SMILES string of the molecule is CCCCCC=CCCCCCCCCCCCOCC1(N)COC(C)(C)OC1. The van der Waals surface area contributed by atoms with Crippen LogP contribution in [0.15, 0.2) is 12.2 Å². The fourth-order valence-corrected chi connectivity index (χ4v) is 3.53. The number of hydrogen-bond acceptors (Lipinski definition) is 4. The van der Waals surface area contributed by atoms with Crippen LogP contribution in [0.5, 0.6) is 0 Å². The Morgan fingerprint density at radius 3 is 1.79 bits per heavy atom. The van der Waals surface area contributed by atoms with Crippen LogP contribution in [0.3, 0.4) is 0 Å². The molecule has 0 unspecified atom stereocenters. The molecule has 172 valence electrons. The monoisotopic (exact) mass is 411 g/mol. The van der Waals surface area contributed by atoms with Crippen LogP contribution in [0.1, 0.15) is 111 Å². The van der Waals surface area contributed by atoms with E-state index in [1.165, 1.54) is 83.5 Å². The molecule has 0 aromatic carbocycles. The van der Waals surface area contributed by atoms with Crippen molar-refractivity contribution in [3.8, 4) is 0 Å². The Morgan fingerprint density at radius 2 is 1.24 bits per heavy atom. The van der Waals surface area contributed by atoms with Gasteiger partial charge in [0, 0.05) is 6.61 Å². The zero-order valence-electron chi connectivity index (χ0n) is 19.7. The van der Waals surface area contributed by atoms with Crippen LogP contribution < -0.4 is 5.73 Å². The van der Waals surface area contributed by atoms with E-state index in [4.69, 9.17) is 19.9 Å². The van der Waals surface area contributed by atoms with Crippen molar-refractivity contribution < 1.29 is 14.2 Å². The Kier molecular flexibility index (Phi) is 15.0. The highest BCUT2D eigenvalue weighted by atomic mass is 16.7. The van der Waals surface area contributed by atoms with Gasteiger partial charge in [0.1, 0.15) is 0 Å². The van der Waals surface area contributed by atoms with Gasteiger partial charge in [0.2, 0.25) is 0 Å². The molecule has 2 N–H and O–H groups in total. The van der Waals surface area contributed by atoms with Gasteiger partial charge in [0.05, 0.1) is 25.4 Å². The van der Waals surface area contributed by atoms with Crippen molar-refractivity contribution in [3.63, 3.8) is 0 Å². The second-order valence-corrected chi connectivity index (χ2v) is 9.33. The third-order valence-corrected chi connectivity index (χ3v) is 5.60. The van der Waals surface area contributed by atoms with Gasteiger partial charge in [-0.05, 0) is 46.0 Å². The molecular formula is C25H49NO3. The van der Waals surface area contributed by atoms with Crippen LogP contribution in [0.25, 0.3) is 0 Å². The molecule has 0 aromatic rings. The largest absolute Gasteiger partial charge is 0.379 e. The molecule has 0 atom stereocenters. The highest BCUT2D eigenvalue weighted by molar-refractivity contribution is 4.88. The van der Waals surface area contributed by atoms with Gasteiger partial charge in [-0.25, -0.2) is 0 Å². The van der Waals surface area contributed by atoms with Crippen LogP contribution >= 0.6 is 0 Å². The third-order valence-electron chi connectivity index (χ3n) is 5.60. The average molecular weight is 412 g/mol. The second-order valence-electron chi connectivity index (χ2n) is 9.33. The molecule has 0 spiro atoms.